The molecule has 2 N–H and O–H groups in total. The summed E-state index contributed by atoms with van der Waals surface area (Å²) in [6.07, 6.45) is 4.84. The van der Waals surface area contributed by atoms with E-state index in [9.17, 15) is 9.59 Å². The van der Waals surface area contributed by atoms with Gasteiger partial charge >= 0.3 is 0 Å². The van der Waals surface area contributed by atoms with Crippen LogP contribution in [0.25, 0.3) is 6.08 Å². The number of nitrogens with one attached hydrogen (secondary N) is 2. The predicted molar refractivity (Wildman–Crippen MR) is 95.6 cm³/mol. The molecule has 0 saturated heterocycles. The van der Waals surface area contributed by atoms with E-state index < -0.39 is 5.91 Å². The lowest BCUT2D eigenvalue weighted by molar-refractivity contribution is -0.118. The summed E-state index contributed by atoms with van der Waals surface area (Å²) in [7, 11) is 1.56. The number of aromatic nitrogens is 1. The lowest BCUT2D eigenvalue weighted by atomic mass is 10.2. The van der Waals surface area contributed by atoms with Crippen molar-refractivity contribution in [1.82, 2.24) is 15.6 Å². The number of carbonyl (C=O) groups excluding carboxylic acids is 2. The Labute approximate surface area is 146 Å². The van der Waals surface area contributed by atoms with E-state index in [-0.39, 0.29) is 17.6 Å². The average Bonchev–Trinajstić information content (AvgIpc) is 2.63. The third-order valence-electron chi connectivity index (χ3n) is 3.32. The molecule has 0 bridgehead atoms. The molecule has 0 aliphatic rings. The fourth-order valence-electron chi connectivity index (χ4n) is 2.16. The molecule has 0 radical (unpaired) electrons. The van der Waals surface area contributed by atoms with E-state index in [1.165, 1.54) is 0 Å². The number of ether oxygens (including phenoxy) is 1. The van der Waals surface area contributed by atoms with Crippen molar-refractivity contribution in [1.29, 1.82) is 0 Å². The standard InChI is InChI=1S/C19H21N3O3/c1-14(13-25-2)21-19(24)17(11-15-7-6-10-20-12-15)22-18(23)16-8-4-3-5-9-16/h3-12,14H,13H2,1-2H3,(H,21,24)(H,22,23)/b17-11+/t14-/m0/s1. The molecule has 2 amide bonds. The second-order valence-electron chi connectivity index (χ2n) is 5.49. The fraction of sp³-hybridized carbons (Fsp3) is 0.211. The predicted octanol–water partition coefficient (Wildman–Crippen LogP) is 2.00. The van der Waals surface area contributed by atoms with Crippen LogP contribution in [0.5, 0.6) is 0 Å². The third-order valence-corrected chi connectivity index (χ3v) is 3.32. The van der Waals surface area contributed by atoms with Crippen molar-refractivity contribution >= 4 is 17.9 Å². The van der Waals surface area contributed by atoms with Gasteiger partial charge in [-0.2, -0.15) is 0 Å². The largest absolute Gasteiger partial charge is 0.383 e. The van der Waals surface area contributed by atoms with E-state index in [0.717, 1.165) is 0 Å². The summed E-state index contributed by atoms with van der Waals surface area (Å²) in [6.45, 7) is 2.20. The van der Waals surface area contributed by atoms with E-state index >= 15 is 0 Å². The van der Waals surface area contributed by atoms with Crippen LogP contribution in [-0.2, 0) is 9.53 Å². The highest BCUT2D eigenvalue weighted by molar-refractivity contribution is 6.05. The van der Waals surface area contributed by atoms with Crippen LogP contribution in [0.3, 0.4) is 0 Å². The molecule has 130 valence electrons. The first-order chi connectivity index (χ1) is 12.1. The topological polar surface area (TPSA) is 80.3 Å². The lowest BCUT2D eigenvalue weighted by Crippen LogP contribution is -2.41. The van der Waals surface area contributed by atoms with Gasteiger partial charge in [-0.25, -0.2) is 0 Å². The number of methoxy groups -OCH3 is 1. The lowest BCUT2D eigenvalue weighted by Gasteiger charge is -2.15. The van der Waals surface area contributed by atoms with Gasteiger partial charge in [0.1, 0.15) is 5.70 Å². The molecule has 0 spiro atoms. The molecule has 25 heavy (non-hydrogen) atoms. The van der Waals surface area contributed by atoms with E-state index in [2.05, 4.69) is 15.6 Å². The van der Waals surface area contributed by atoms with Gasteiger partial charge in [-0.15, -0.1) is 0 Å². The fourth-order valence-corrected chi connectivity index (χ4v) is 2.16. The van der Waals surface area contributed by atoms with Crippen molar-refractivity contribution in [2.75, 3.05) is 13.7 Å². The number of amides is 2. The van der Waals surface area contributed by atoms with Gasteiger partial charge in [0, 0.05) is 31.1 Å². The van der Waals surface area contributed by atoms with Crippen molar-refractivity contribution in [3.8, 4) is 0 Å². The first kappa shape index (κ1) is 18.4. The Morgan fingerprint density at radius 2 is 1.96 bits per heavy atom. The molecule has 1 aromatic heterocycles. The van der Waals surface area contributed by atoms with Crippen LogP contribution in [0.15, 0.2) is 60.6 Å². The minimum atomic E-state index is -0.391. The van der Waals surface area contributed by atoms with Gasteiger partial charge in [0.15, 0.2) is 0 Å². The van der Waals surface area contributed by atoms with E-state index in [0.29, 0.717) is 17.7 Å². The van der Waals surface area contributed by atoms with E-state index in [4.69, 9.17) is 4.74 Å². The number of hydrogen-bond acceptors (Lipinski definition) is 4. The van der Waals surface area contributed by atoms with Crippen molar-refractivity contribution in [2.24, 2.45) is 0 Å². The number of nitrogens with zero attached hydrogens (tertiary/aromatic N) is 1. The number of pyridine rings is 1. The molecule has 6 heteroatoms. The molecule has 2 rings (SSSR count). The molecular formula is C19H21N3O3. The summed E-state index contributed by atoms with van der Waals surface area (Å²) >= 11 is 0. The highest BCUT2D eigenvalue weighted by Gasteiger charge is 2.16. The number of benzene rings is 1. The summed E-state index contributed by atoms with van der Waals surface area (Å²) in [6, 6.07) is 12.1. The van der Waals surface area contributed by atoms with Crippen LogP contribution in [0.4, 0.5) is 0 Å². The van der Waals surface area contributed by atoms with Gasteiger partial charge in [-0.05, 0) is 36.8 Å². The van der Waals surface area contributed by atoms with Gasteiger partial charge < -0.3 is 15.4 Å². The Morgan fingerprint density at radius 3 is 2.60 bits per heavy atom. The normalized spacial score (nSPS) is 12.3. The highest BCUT2D eigenvalue weighted by Crippen LogP contribution is 2.06. The van der Waals surface area contributed by atoms with Crippen molar-refractivity contribution in [3.63, 3.8) is 0 Å². The maximum Gasteiger partial charge on any atom is 0.268 e. The molecule has 0 aliphatic heterocycles. The van der Waals surface area contributed by atoms with Gasteiger partial charge in [0.2, 0.25) is 0 Å². The molecule has 1 atom stereocenters. The molecule has 2 aromatic rings. The first-order valence-electron chi connectivity index (χ1n) is 7.88. The monoisotopic (exact) mass is 339 g/mol. The molecular weight excluding hydrogens is 318 g/mol. The van der Waals surface area contributed by atoms with Gasteiger partial charge in [0.05, 0.1) is 6.61 Å². The Kier molecular flexibility index (Phi) is 6.86. The van der Waals surface area contributed by atoms with Gasteiger partial charge in [-0.1, -0.05) is 24.3 Å². The zero-order chi connectivity index (χ0) is 18.1. The van der Waals surface area contributed by atoms with Crippen LogP contribution in [0, 0.1) is 0 Å². The Hall–Kier alpha value is -2.99. The average molecular weight is 339 g/mol. The third kappa shape index (κ3) is 5.86. The van der Waals surface area contributed by atoms with Crippen molar-refractivity contribution in [3.05, 3.63) is 71.7 Å². The minimum absolute atomic E-state index is 0.143. The zero-order valence-electron chi connectivity index (χ0n) is 14.2. The molecule has 6 nitrogen and oxygen atoms in total. The first-order valence-corrected chi connectivity index (χ1v) is 7.88. The Bertz CT molecular complexity index is 730. The molecule has 1 aromatic carbocycles. The Balaban J connectivity index is 2.21. The summed E-state index contributed by atoms with van der Waals surface area (Å²) in [4.78, 5) is 28.9. The number of rotatable bonds is 7. The molecule has 0 aliphatic carbocycles. The molecule has 0 unspecified atom stereocenters. The van der Waals surface area contributed by atoms with Crippen LogP contribution in [0.1, 0.15) is 22.8 Å². The maximum atomic E-state index is 12.5. The maximum absolute atomic E-state index is 12.5. The second-order valence-corrected chi connectivity index (χ2v) is 5.49. The van der Waals surface area contributed by atoms with Crippen molar-refractivity contribution in [2.45, 2.75) is 13.0 Å². The smallest absolute Gasteiger partial charge is 0.268 e. The Morgan fingerprint density at radius 1 is 1.20 bits per heavy atom. The summed E-state index contributed by atoms with van der Waals surface area (Å²) in [5.74, 6) is -0.747. The summed E-state index contributed by atoms with van der Waals surface area (Å²) in [5, 5.41) is 5.46. The minimum Gasteiger partial charge on any atom is -0.383 e. The summed E-state index contributed by atoms with van der Waals surface area (Å²) in [5.41, 5.74) is 1.32. The van der Waals surface area contributed by atoms with Crippen LogP contribution in [-0.4, -0.2) is 36.6 Å². The van der Waals surface area contributed by atoms with Crippen LogP contribution < -0.4 is 10.6 Å². The quantitative estimate of drug-likeness (QED) is 0.756. The SMILES string of the molecule is COC[C@H](C)NC(=O)/C(=C\c1cccnc1)NC(=O)c1ccccc1. The molecule has 0 fully saturated rings. The van der Waals surface area contributed by atoms with Gasteiger partial charge in [0.25, 0.3) is 11.8 Å². The van der Waals surface area contributed by atoms with E-state index in [1.807, 2.05) is 13.0 Å². The zero-order valence-corrected chi connectivity index (χ0v) is 14.2. The highest BCUT2D eigenvalue weighted by atomic mass is 16.5. The molecule has 0 saturated carbocycles. The molecule has 1 heterocycles. The van der Waals surface area contributed by atoms with Crippen molar-refractivity contribution < 1.29 is 14.3 Å². The van der Waals surface area contributed by atoms with Gasteiger partial charge in [-0.3, -0.25) is 14.6 Å². The number of hydrogen-bond donors (Lipinski definition) is 2. The van der Waals surface area contributed by atoms with Crippen LogP contribution >= 0.6 is 0 Å². The van der Waals surface area contributed by atoms with E-state index in [1.54, 1.807) is 62.0 Å². The summed E-state index contributed by atoms with van der Waals surface area (Å²) < 4.78 is 5.02. The van der Waals surface area contributed by atoms with Crippen LogP contribution in [0.2, 0.25) is 0 Å². The second kappa shape index (κ2) is 9.34. The number of carbonyl (C=O) groups is 2.